The maximum Gasteiger partial charge on any atom is 0.283 e. The minimum atomic E-state index is -0.736. The van der Waals surface area contributed by atoms with Gasteiger partial charge in [0.05, 0.1) is 35.6 Å². The number of nitrogens with one attached hydrogen (secondary N) is 2. The lowest BCUT2D eigenvalue weighted by molar-refractivity contribution is -0.120. The fraction of sp³-hybridized carbons (Fsp3) is 0.0800. The lowest BCUT2D eigenvalue weighted by atomic mass is 10.1. The van der Waals surface area contributed by atoms with Gasteiger partial charge in [0.25, 0.3) is 17.7 Å². The van der Waals surface area contributed by atoms with Gasteiger partial charge >= 0.3 is 0 Å². The molecule has 0 aliphatic carbocycles. The van der Waals surface area contributed by atoms with E-state index < -0.39 is 17.7 Å². The van der Waals surface area contributed by atoms with Crippen LogP contribution in [0, 0.1) is 0 Å². The number of carbonyl (C=O) groups excluding carboxylic acids is 3. The van der Waals surface area contributed by atoms with E-state index in [9.17, 15) is 14.4 Å². The second kappa shape index (κ2) is 10.5. The fourth-order valence-corrected chi connectivity index (χ4v) is 4.04. The molecule has 11 heteroatoms. The van der Waals surface area contributed by atoms with E-state index in [2.05, 4.69) is 10.6 Å². The van der Waals surface area contributed by atoms with Crippen LogP contribution in [0.4, 0.5) is 17.1 Å². The van der Waals surface area contributed by atoms with Gasteiger partial charge in [-0.3, -0.25) is 14.4 Å². The molecule has 3 aromatic carbocycles. The van der Waals surface area contributed by atoms with E-state index in [1.54, 1.807) is 48.5 Å². The topological polar surface area (TPSA) is 97.0 Å². The molecule has 0 spiro atoms. The van der Waals surface area contributed by atoms with Crippen molar-refractivity contribution in [3.05, 3.63) is 87.0 Å². The molecule has 4 rings (SSSR count). The van der Waals surface area contributed by atoms with Crippen LogP contribution in [0.15, 0.2) is 71.4 Å². The van der Waals surface area contributed by atoms with Crippen molar-refractivity contribution in [3.63, 3.8) is 0 Å². The van der Waals surface area contributed by atoms with E-state index in [0.29, 0.717) is 22.1 Å². The molecule has 1 aliphatic rings. The first-order valence-corrected chi connectivity index (χ1v) is 11.5. The van der Waals surface area contributed by atoms with Crippen molar-refractivity contribution in [2.24, 2.45) is 0 Å². The summed E-state index contributed by atoms with van der Waals surface area (Å²) in [5.41, 5.74) is 0.984. The standard InChI is InChI=1S/C25H18Cl3N3O5/c1-35-15-9-10-19(36-2)18(12-15)31-24(33)21(28)22(25(31)34)29-14-6-3-5-13(11-14)23(32)30-17-8-4-7-16(26)20(17)27/h3-12,29H,1-2H3,(H,30,32). The maximum absolute atomic E-state index is 13.2. The first-order chi connectivity index (χ1) is 17.2. The first-order valence-electron chi connectivity index (χ1n) is 10.4. The molecule has 3 aromatic rings. The van der Waals surface area contributed by atoms with E-state index in [-0.39, 0.29) is 32.8 Å². The number of imide groups is 1. The van der Waals surface area contributed by atoms with Crippen LogP contribution in [0.1, 0.15) is 10.4 Å². The Hall–Kier alpha value is -3.72. The number of amides is 3. The number of benzene rings is 3. The summed E-state index contributed by atoms with van der Waals surface area (Å²) < 4.78 is 10.5. The largest absolute Gasteiger partial charge is 0.497 e. The average molecular weight is 547 g/mol. The van der Waals surface area contributed by atoms with Crippen LogP contribution in [0.25, 0.3) is 0 Å². The van der Waals surface area contributed by atoms with Crippen molar-refractivity contribution < 1.29 is 23.9 Å². The highest BCUT2D eigenvalue weighted by molar-refractivity contribution is 6.53. The van der Waals surface area contributed by atoms with Gasteiger partial charge in [-0.1, -0.05) is 46.9 Å². The van der Waals surface area contributed by atoms with Gasteiger partial charge < -0.3 is 20.1 Å². The zero-order valence-corrected chi connectivity index (χ0v) is 21.2. The Morgan fingerprint density at radius 2 is 1.64 bits per heavy atom. The molecule has 0 radical (unpaired) electrons. The molecule has 0 bridgehead atoms. The Morgan fingerprint density at radius 3 is 2.36 bits per heavy atom. The zero-order chi connectivity index (χ0) is 26.0. The summed E-state index contributed by atoms with van der Waals surface area (Å²) in [5, 5.41) is 5.74. The number of anilines is 3. The van der Waals surface area contributed by atoms with Crippen LogP contribution in [0.3, 0.4) is 0 Å². The van der Waals surface area contributed by atoms with Gasteiger partial charge in [0.1, 0.15) is 22.2 Å². The Morgan fingerprint density at radius 1 is 0.889 bits per heavy atom. The van der Waals surface area contributed by atoms with Crippen molar-refractivity contribution >= 4 is 69.6 Å². The Labute approximate surface area is 221 Å². The van der Waals surface area contributed by atoms with Crippen LogP contribution in [0.2, 0.25) is 10.0 Å². The predicted molar refractivity (Wildman–Crippen MR) is 139 cm³/mol. The molecule has 1 aliphatic heterocycles. The lowest BCUT2D eigenvalue weighted by Crippen LogP contribution is -2.32. The molecule has 0 saturated heterocycles. The summed E-state index contributed by atoms with van der Waals surface area (Å²) in [6, 6.07) is 15.9. The number of carbonyl (C=O) groups is 3. The summed E-state index contributed by atoms with van der Waals surface area (Å²) in [5.74, 6) is -1.19. The summed E-state index contributed by atoms with van der Waals surface area (Å²) in [4.78, 5) is 39.8. The molecule has 2 N–H and O–H groups in total. The molecule has 36 heavy (non-hydrogen) atoms. The summed E-state index contributed by atoms with van der Waals surface area (Å²) in [6.07, 6.45) is 0. The highest BCUT2D eigenvalue weighted by Gasteiger charge is 2.40. The summed E-state index contributed by atoms with van der Waals surface area (Å²) in [6.45, 7) is 0. The number of methoxy groups -OCH3 is 2. The second-order valence-electron chi connectivity index (χ2n) is 7.43. The van der Waals surface area contributed by atoms with Gasteiger partial charge in [-0.15, -0.1) is 0 Å². The molecule has 8 nitrogen and oxygen atoms in total. The van der Waals surface area contributed by atoms with Crippen LogP contribution in [0.5, 0.6) is 11.5 Å². The predicted octanol–water partition coefficient (Wildman–Crippen LogP) is 5.70. The van der Waals surface area contributed by atoms with Crippen molar-refractivity contribution in [1.82, 2.24) is 0 Å². The molecule has 184 valence electrons. The number of nitrogens with zero attached hydrogens (tertiary/aromatic N) is 1. The molecular weight excluding hydrogens is 529 g/mol. The van der Waals surface area contributed by atoms with Gasteiger partial charge in [0.15, 0.2) is 0 Å². The first kappa shape index (κ1) is 25.4. The van der Waals surface area contributed by atoms with Crippen molar-refractivity contribution in [1.29, 1.82) is 0 Å². The molecule has 0 saturated carbocycles. The Balaban J connectivity index is 1.58. The summed E-state index contributed by atoms with van der Waals surface area (Å²) >= 11 is 18.4. The SMILES string of the molecule is COc1ccc(OC)c(N2C(=O)C(Cl)=C(Nc3cccc(C(=O)Nc4cccc(Cl)c4Cl)c3)C2=O)c1. The average Bonchev–Trinajstić information content (AvgIpc) is 3.09. The lowest BCUT2D eigenvalue weighted by Gasteiger charge is -2.19. The quantitative estimate of drug-likeness (QED) is 0.369. The molecule has 3 amide bonds. The van der Waals surface area contributed by atoms with Gasteiger partial charge in [0.2, 0.25) is 0 Å². The molecule has 1 heterocycles. The van der Waals surface area contributed by atoms with E-state index in [1.807, 2.05) is 0 Å². The maximum atomic E-state index is 13.2. The van der Waals surface area contributed by atoms with Crippen molar-refractivity contribution in [3.8, 4) is 11.5 Å². The second-order valence-corrected chi connectivity index (χ2v) is 8.60. The smallest absolute Gasteiger partial charge is 0.283 e. The van der Waals surface area contributed by atoms with Crippen LogP contribution in [-0.4, -0.2) is 31.9 Å². The third-order valence-corrected chi connectivity index (χ3v) is 6.42. The van der Waals surface area contributed by atoms with Crippen LogP contribution >= 0.6 is 34.8 Å². The highest BCUT2D eigenvalue weighted by atomic mass is 35.5. The van der Waals surface area contributed by atoms with Gasteiger partial charge in [0, 0.05) is 17.3 Å². The van der Waals surface area contributed by atoms with Crippen molar-refractivity contribution in [2.75, 3.05) is 29.8 Å². The van der Waals surface area contributed by atoms with Crippen LogP contribution < -0.4 is 25.0 Å². The number of rotatable bonds is 7. The van der Waals surface area contributed by atoms with E-state index in [4.69, 9.17) is 44.3 Å². The molecule has 0 unspecified atom stereocenters. The van der Waals surface area contributed by atoms with E-state index in [0.717, 1.165) is 4.90 Å². The normalized spacial score (nSPS) is 13.2. The van der Waals surface area contributed by atoms with Gasteiger partial charge in [-0.2, -0.15) is 0 Å². The minimum absolute atomic E-state index is 0.151. The zero-order valence-electron chi connectivity index (χ0n) is 18.9. The number of ether oxygens (including phenoxy) is 2. The monoisotopic (exact) mass is 545 g/mol. The number of hydrogen-bond donors (Lipinski definition) is 2. The molecule has 0 aromatic heterocycles. The minimum Gasteiger partial charge on any atom is -0.497 e. The van der Waals surface area contributed by atoms with Crippen LogP contribution in [-0.2, 0) is 9.59 Å². The molecule has 0 fully saturated rings. The van der Waals surface area contributed by atoms with Gasteiger partial charge in [-0.05, 0) is 42.5 Å². The van der Waals surface area contributed by atoms with Crippen molar-refractivity contribution in [2.45, 2.75) is 0 Å². The highest BCUT2D eigenvalue weighted by Crippen LogP contribution is 2.38. The van der Waals surface area contributed by atoms with E-state index in [1.165, 1.54) is 26.4 Å². The Bertz CT molecular complexity index is 1420. The third kappa shape index (κ3) is 4.83. The van der Waals surface area contributed by atoms with E-state index >= 15 is 0 Å². The fourth-order valence-electron chi connectivity index (χ4n) is 3.48. The summed E-state index contributed by atoms with van der Waals surface area (Å²) in [7, 11) is 2.87. The third-order valence-electron chi connectivity index (χ3n) is 5.25. The van der Waals surface area contributed by atoms with Gasteiger partial charge in [-0.25, -0.2) is 4.90 Å². The molecule has 0 atom stereocenters. The molecular formula is C25H18Cl3N3O5. The Kier molecular flexibility index (Phi) is 7.40. The number of hydrogen-bond acceptors (Lipinski definition) is 6. The number of halogens is 3.